The Bertz CT molecular complexity index is 879. The van der Waals surface area contributed by atoms with Crippen molar-refractivity contribution >= 4 is 12.4 Å². The minimum Gasteiger partial charge on any atom is -0.488 e. The topological polar surface area (TPSA) is 74.2 Å². The molecule has 1 aliphatic rings. The Morgan fingerprint density at radius 1 is 1.12 bits per heavy atom. The fourth-order valence-corrected chi connectivity index (χ4v) is 2.83. The molecule has 26 heavy (non-hydrogen) atoms. The number of ether oxygens (including phenoxy) is 1. The Morgan fingerprint density at radius 3 is 2.54 bits per heavy atom. The van der Waals surface area contributed by atoms with Crippen LogP contribution in [-0.4, -0.2) is 10.1 Å². The molecular formula is C19H19ClFN3O2. The minimum absolute atomic E-state index is 0. The molecule has 0 bridgehead atoms. The van der Waals surface area contributed by atoms with Crippen molar-refractivity contribution in [1.29, 1.82) is 0 Å². The number of halogens is 2. The number of hydrogen-bond acceptors (Lipinski definition) is 5. The van der Waals surface area contributed by atoms with Gasteiger partial charge in [0.1, 0.15) is 18.2 Å². The monoisotopic (exact) mass is 375 g/mol. The van der Waals surface area contributed by atoms with Crippen LogP contribution in [0.4, 0.5) is 4.39 Å². The lowest BCUT2D eigenvalue weighted by Crippen LogP contribution is -2.44. The molecule has 0 spiro atoms. The fourth-order valence-electron chi connectivity index (χ4n) is 2.83. The first-order chi connectivity index (χ1) is 12.1. The van der Waals surface area contributed by atoms with E-state index in [-0.39, 0.29) is 18.2 Å². The number of nitrogens with two attached hydrogens (primary N) is 1. The number of hydrogen-bond donors (Lipinski definition) is 1. The van der Waals surface area contributed by atoms with Gasteiger partial charge in [0.25, 0.3) is 5.89 Å². The van der Waals surface area contributed by atoms with Gasteiger partial charge in [-0.2, -0.15) is 4.98 Å². The zero-order chi connectivity index (χ0) is 17.3. The molecule has 1 heterocycles. The van der Waals surface area contributed by atoms with E-state index < -0.39 is 5.54 Å². The molecule has 2 aromatic carbocycles. The SMILES string of the molecule is Cl.NC1(c2noc(-c3ccccc3OCc3ccc(F)cc3)n2)CCC1. The van der Waals surface area contributed by atoms with Gasteiger partial charge in [-0.1, -0.05) is 29.4 Å². The van der Waals surface area contributed by atoms with Crippen molar-refractivity contribution in [2.24, 2.45) is 5.73 Å². The molecule has 0 aliphatic heterocycles. The van der Waals surface area contributed by atoms with E-state index in [2.05, 4.69) is 10.1 Å². The van der Waals surface area contributed by atoms with E-state index in [1.807, 2.05) is 24.3 Å². The van der Waals surface area contributed by atoms with Crippen LogP contribution in [0.15, 0.2) is 53.1 Å². The molecular weight excluding hydrogens is 357 g/mol. The number of nitrogens with zero attached hydrogens (tertiary/aromatic N) is 2. The lowest BCUT2D eigenvalue weighted by Gasteiger charge is -2.34. The smallest absolute Gasteiger partial charge is 0.261 e. The summed E-state index contributed by atoms with van der Waals surface area (Å²) in [6.45, 7) is 0.319. The quantitative estimate of drug-likeness (QED) is 0.722. The van der Waals surface area contributed by atoms with Gasteiger partial charge in [-0.3, -0.25) is 0 Å². The molecule has 4 rings (SSSR count). The largest absolute Gasteiger partial charge is 0.488 e. The van der Waals surface area contributed by atoms with Crippen LogP contribution in [0.2, 0.25) is 0 Å². The predicted molar refractivity (Wildman–Crippen MR) is 97.4 cm³/mol. The average Bonchev–Trinajstić information content (AvgIpc) is 3.10. The van der Waals surface area contributed by atoms with Crippen LogP contribution in [0, 0.1) is 5.82 Å². The molecule has 0 atom stereocenters. The maximum atomic E-state index is 13.0. The summed E-state index contributed by atoms with van der Waals surface area (Å²) in [5, 5.41) is 4.05. The lowest BCUT2D eigenvalue weighted by molar-refractivity contribution is 0.229. The van der Waals surface area contributed by atoms with Crippen LogP contribution in [0.3, 0.4) is 0 Å². The number of para-hydroxylation sites is 1. The van der Waals surface area contributed by atoms with Crippen molar-refractivity contribution in [3.05, 3.63) is 65.7 Å². The second-order valence-corrected chi connectivity index (χ2v) is 6.34. The Hall–Kier alpha value is -2.44. The zero-order valence-corrected chi connectivity index (χ0v) is 14.8. The number of aromatic nitrogens is 2. The maximum Gasteiger partial charge on any atom is 0.261 e. The van der Waals surface area contributed by atoms with Crippen molar-refractivity contribution in [1.82, 2.24) is 10.1 Å². The van der Waals surface area contributed by atoms with Crippen molar-refractivity contribution in [2.75, 3.05) is 0 Å². The third kappa shape index (κ3) is 3.57. The molecule has 3 aromatic rings. The first-order valence-corrected chi connectivity index (χ1v) is 8.24. The maximum absolute atomic E-state index is 13.0. The lowest BCUT2D eigenvalue weighted by atomic mass is 9.77. The molecule has 1 fully saturated rings. The van der Waals surface area contributed by atoms with Crippen LogP contribution in [0.25, 0.3) is 11.5 Å². The number of rotatable bonds is 5. The number of benzene rings is 2. The summed E-state index contributed by atoms with van der Waals surface area (Å²) in [7, 11) is 0. The van der Waals surface area contributed by atoms with Crippen LogP contribution < -0.4 is 10.5 Å². The van der Waals surface area contributed by atoms with Gasteiger partial charge in [-0.15, -0.1) is 12.4 Å². The molecule has 136 valence electrons. The Kier molecular flexibility index (Phi) is 5.25. The normalized spacial score (nSPS) is 15.0. The van der Waals surface area contributed by atoms with Gasteiger partial charge in [0.15, 0.2) is 5.82 Å². The summed E-state index contributed by atoms with van der Waals surface area (Å²) >= 11 is 0. The van der Waals surface area contributed by atoms with Crippen molar-refractivity contribution in [2.45, 2.75) is 31.4 Å². The highest BCUT2D eigenvalue weighted by Crippen LogP contribution is 2.38. The molecule has 5 nitrogen and oxygen atoms in total. The minimum atomic E-state index is -0.467. The summed E-state index contributed by atoms with van der Waals surface area (Å²) in [6.07, 6.45) is 2.82. The van der Waals surface area contributed by atoms with Crippen molar-refractivity contribution in [3.63, 3.8) is 0 Å². The highest BCUT2D eigenvalue weighted by atomic mass is 35.5. The van der Waals surface area contributed by atoms with Gasteiger partial charge in [-0.05, 0) is 49.1 Å². The first kappa shape index (κ1) is 18.4. The van der Waals surface area contributed by atoms with Crippen LogP contribution >= 0.6 is 12.4 Å². The third-order valence-corrected chi connectivity index (χ3v) is 4.54. The van der Waals surface area contributed by atoms with E-state index in [0.717, 1.165) is 24.8 Å². The summed E-state index contributed by atoms with van der Waals surface area (Å²) in [5.74, 6) is 1.29. The van der Waals surface area contributed by atoms with Crippen LogP contribution in [0.1, 0.15) is 30.7 Å². The standard InChI is InChI=1S/C19H18FN3O2.ClH/c20-14-8-6-13(7-9-14)12-24-16-5-2-1-4-15(16)17-22-18(23-25-17)19(21)10-3-11-19;/h1-2,4-9H,3,10-12,21H2;1H. The molecule has 0 radical (unpaired) electrons. The zero-order valence-electron chi connectivity index (χ0n) is 14.0. The second kappa shape index (κ2) is 7.43. The first-order valence-electron chi connectivity index (χ1n) is 8.24. The third-order valence-electron chi connectivity index (χ3n) is 4.54. The van der Waals surface area contributed by atoms with Gasteiger partial charge in [0, 0.05) is 0 Å². The summed E-state index contributed by atoms with van der Waals surface area (Å²) in [5.41, 5.74) is 7.37. The van der Waals surface area contributed by atoms with Gasteiger partial charge >= 0.3 is 0 Å². The van der Waals surface area contributed by atoms with E-state index in [0.29, 0.717) is 29.6 Å². The van der Waals surface area contributed by atoms with Crippen LogP contribution in [-0.2, 0) is 12.1 Å². The second-order valence-electron chi connectivity index (χ2n) is 6.34. The van der Waals surface area contributed by atoms with Crippen molar-refractivity contribution in [3.8, 4) is 17.2 Å². The highest BCUT2D eigenvalue weighted by Gasteiger charge is 2.39. The highest BCUT2D eigenvalue weighted by molar-refractivity contribution is 5.85. The average molecular weight is 376 g/mol. The van der Waals surface area contributed by atoms with E-state index in [1.165, 1.54) is 12.1 Å². The van der Waals surface area contributed by atoms with Crippen molar-refractivity contribution < 1.29 is 13.7 Å². The molecule has 1 aliphatic carbocycles. The molecule has 0 saturated heterocycles. The molecule has 0 amide bonds. The summed E-state index contributed by atoms with van der Waals surface area (Å²) in [4.78, 5) is 4.47. The molecule has 7 heteroatoms. The summed E-state index contributed by atoms with van der Waals surface area (Å²) < 4.78 is 24.3. The van der Waals surface area contributed by atoms with Gasteiger partial charge in [0.05, 0.1) is 11.1 Å². The van der Waals surface area contributed by atoms with E-state index in [1.54, 1.807) is 12.1 Å². The fraction of sp³-hybridized carbons (Fsp3) is 0.263. The molecule has 0 unspecified atom stereocenters. The van der Waals surface area contributed by atoms with Gasteiger partial charge in [-0.25, -0.2) is 4.39 Å². The summed E-state index contributed by atoms with van der Waals surface area (Å²) in [6, 6.07) is 13.7. The van der Waals surface area contributed by atoms with Gasteiger partial charge in [0.2, 0.25) is 0 Å². The van der Waals surface area contributed by atoms with E-state index in [9.17, 15) is 4.39 Å². The molecule has 1 saturated carbocycles. The van der Waals surface area contributed by atoms with E-state index in [4.69, 9.17) is 15.0 Å². The van der Waals surface area contributed by atoms with Gasteiger partial charge < -0.3 is 15.0 Å². The molecule has 2 N–H and O–H groups in total. The Morgan fingerprint density at radius 2 is 1.85 bits per heavy atom. The predicted octanol–water partition coefficient (Wildman–Crippen LogP) is 4.21. The molecule has 1 aromatic heterocycles. The Labute approximate surface area is 156 Å². The Balaban J connectivity index is 0.00000196. The van der Waals surface area contributed by atoms with E-state index >= 15 is 0 Å². The van der Waals surface area contributed by atoms with Crippen LogP contribution in [0.5, 0.6) is 5.75 Å².